The van der Waals surface area contributed by atoms with E-state index < -0.39 is 0 Å². The maximum Gasteiger partial charge on any atom is 0.131 e. The van der Waals surface area contributed by atoms with E-state index >= 15 is 0 Å². The van der Waals surface area contributed by atoms with Crippen molar-refractivity contribution in [2.45, 2.75) is 45.7 Å². The molecule has 118 valence electrons. The summed E-state index contributed by atoms with van der Waals surface area (Å²) in [6, 6.07) is 2.93. The number of rotatable bonds is 7. The van der Waals surface area contributed by atoms with Gasteiger partial charge in [0.05, 0.1) is 0 Å². The Labute approximate surface area is 129 Å². The van der Waals surface area contributed by atoms with Gasteiger partial charge in [0.25, 0.3) is 0 Å². The molecule has 0 aromatic carbocycles. The molecule has 0 radical (unpaired) electrons. The van der Waals surface area contributed by atoms with Gasteiger partial charge in [-0.3, -0.25) is 0 Å². The van der Waals surface area contributed by atoms with E-state index in [-0.39, 0.29) is 0 Å². The van der Waals surface area contributed by atoms with Gasteiger partial charge in [-0.2, -0.15) is 0 Å². The predicted molar refractivity (Wildman–Crippen MR) is 89.9 cm³/mol. The third kappa shape index (κ3) is 4.42. The minimum Gasteiger partial charge on any atom is -0.358 e. The molecule has 2 heterocycles. The molecule has 1 saturated heterocycles. The minimum atomic E-state index is 0.669. The summed E-state index contributed by atoms with van der Waals surface area (Å²) in [6.07, 6.45) is 5.81. The van der Waals surface area contributed by atoms with Gasteiger partial charge >= 0.3 is 0 Å². The van der Waals surface area contributed by atoms with Gasteiger partial charge in [-0.1, -0.05) is 6.92 Å². The monoisotopic (exact) mass is 290 g/mol. The molecule has 0 aliphatic carbocycles. The second-order valence-corrected chi connectivity index (χ2v) is 6.32. The number of pyridine rings is 1. The Morgan fingerprint density at radius 1 is 1.48 bits per heavy atom. The highest BCUT2D eigenvalue weighted by Crippen LogP contribution is 2.21. The van der Waals surface area contributed by atoms with Gasteiger partial charge in [-0.05, 0) is 63.5 Å². The lowest BCUT2D eigenvalue weighted by molar-refractivity contribution is 0.314. The number of aryl methyl sites for hydroxylation is 1. The second-order valence-electron chi connectivity index (χ2n) is 6.32. The molecule has 4 nitrogen and oxygen atoms in total. The molecule has 1 unspecified atom stereocenters. The Balaban J connectivity index is 1.95. The minimum absolute atomic E-state index is 0.669. The van der Waals surface area contributed by atoms with Crippen LogP contribution in [0.3, 0.4) is 0 Å². The van der Waals surface area contributed by atoms with Crippen LogP contribution in [0, 0.1) is 6.92 Å². The standard InChI is InChI=1S/C17H30N4/c1-5-8-18-11-15-10-14(2)17(19-12-15)21(4)13-16-7-6-9-20(16)3/h10,12,16,18H,5-9,11,13H2,1-4H3. The van der Waals surface area contributed by atoms with Crippen molar-refractivity contribution in [1.82, 2.24) is 15.2 Å². The van der Waals surface area contributed by atoms with E-state index in [1.54, 1.807) is 0 Å². The van der Waals surface area contributed by atoms with Gasteiger partial charge in [0.2, 0.25) is 0 Å². The predicted octanol–water partition coefficient (Wildman–Crippen LogP) is 2.42. The number of likely N-dealkylation sites (N-methyl/N-ethyl adjacent to an activating group) is 2. The molecule has 1 aromatic rings. The molecule has 0 amide bonds. The summed E-state index contributed by atoms with van der Waals surface area (Å²) in [7, 11) is 4.39. The average molecular weight is 290 g/mol. The maximum atomic E-state index is 4.69. The van der Waals surface area contributed by atoms with Crippen LogP contribution in [0.15, 0.2) is 12.3 Å². The fourth-order valence-electron chi connectivity index (χ4n) is 3.14. The highest BCUT2D eigenvalue weighted by Gasteiger charge is 2.22. The first-order chi connectivity index (χ1) is 10.1. The van der Waals surface area contributed by atoms with Crippen molar-refractivity contribution in [2.75, 3.05) is 38.6 Å². The number of nitrogens with one attached hydrogen (secondary N) is 1. The van der Waals surface area contributed by atoms with Crippen molar-refractivity contribution in [2.24, 2.45) is 0 Å². The van der Waals surface area contributed by atoms with Crippen molar-refractivity contribution in [3.8, 4) is 0 Å². The summed E-state index contributed by atoms with van der Waals surface area (Å²) in [5.41, 5.74) is 2.55. The first-order valence-electron chi connectivity index (χ1n) is 8.19. The Hall–Kier alpha value is -1.13. The maximum absolute atomic E-state index is 4.69. The molecule has 2 rings (SSSR count). The molecule has 1 fully saturated rings. The molecule has 1 aliphatic rings. The van der Waals surface area contributed by atoms with Crippen LogP contribution in [-0.2, 0) is 6.54 Å². The molecule has 1 N–H and O–H groups in total. The fraction of sp³-hybridized carbons (Fsp3) is 0.706. The van der Waals surface area contributed by atoms with Crippen molar-refractivity contribution in [3.63, 3.8) is 0 Å². The van der Waals surface area contributed by atoms with Crippen LogP contribution in [0.5, 0.6) is 0 Å². The van der Waals surface area contributed by atoms with Crippen LogP contribution in [0.1, 0.15) is 37.3 Å². The van der Waals surface area contributed by atoms with Crippen molar-refractivity contribution in [3.05, 3.63) is 23.4 Å². The highest BCUT2D eigenvalue weighted by molar-refractivity contribution is 5.46. The molecule has 1 atom stereocenters. The summed E-state index contributed by atoms with van der Waals surface area (Å²) in [5.74, 6) is 1.12. The zero-order valence-electron chi connectivity index (χ0n) is 14.0. The molecule has 0 spiro atoms. The summed E-state index contributed by atoms with van der Waals surface area (Å²) in [4.78, 5) is 9.47. The van der Waals surface area contributed by atoms with Gasteiger partial charge in [0, 0.05) is 32.4 Å². The first kappa shape index (κ1) is 16.2. The van der Waals surface area contributed by atoms with E-state index in [4.69, 9.17) is 4.98 Å². The van der Waals surface area contributed by atoms with Gasteiger partial charge in [0.1, 0.15) is 5.82 Å². The average Bonchev–Trinajstić information content (AvgIpc) is 2.84. The number of likely N-dealkylation sites (tertiary alicyclic amines) is 1. The van der Waals surface area contributed by atoms with Gasteiger partial charge in [-0.15, -0.1) is 0 Å². The molecule has 21 heavy (non-hydrogen) atoms. The molecule has 0 saturated carbocycles. The summed E-state index contributed by atoms with van der Waals surface area (Å²) in [5, 5.41) is 3.43. The van der Waals surface area contributed by atoms with Crippen molar-refractivity contribution < 1.29 is 0 Å². The lowest BCUT2D eigenvalue weighted by Crippen LogP contribution is -2.37. The molecule has 1 aromatic heterocycles. The molecule has 0 bridgehead atoms. The van der Waals surface area contributed by atoms with E-state index in [1.807, 2.05) is 6.20 Å². The van der Waals surface area contributed by atoms with E-state index in [1.165, 1.54) is 36.9 Å². The molecule has 1 aliphatic heterocycles. The van der Waals surface area contributed by atoms with E-state index in [0.29, 0.717) is 6.04 Å². The van der Waals surface area contributed by atoms with E-state index in [2.05, 4.69) is 49.1 Å². The quantitative estimate of drug-likeness (QED) is 0.782. The summed E-state index contributed by atoms with van der Waals surface area (Å²) in [6.45, 7) is 8.63. The zero-order chi connectivity index (χ0) is 15.2. The highest BCUT2D eigenvalue weighted by atomic mass is 15.2. The number of hydrogen-bond donors (Lipinski definition) is 1. The SMILES string of the molecule is CCCNCc1cnc(N(C)CC2CCCN2C)c(C)c1. The number of aromatic nitrogens is 1. The Morgan fingerprint density at radius 3 is 2.90 bits per heavy atom. The van der Waals surface area contributed by atoms with E-state index in [9.17, 15) is 0 Å². The Bertz CT molecular complexity index is 446. The van der Waals surface area contributed by atoms with Crippen LogP contribution in [0.25, 0.3) is 0 Å². The van der Waals surface area contributed by atoms with Crippen LogP contribution in [0.4, 0.5) is 5.82 Å². The van der Waals surface area contributed by atoms with Crippen LogP contribution < -0.4 is 10.2 Å². The fourth-order valence-corrected chi connectivity index (χ4v) is 3.14. The Kier molecular flexibility index (Phi) is 6.00. The van der Waals surface area contributed by atoms with Crippen molar-refractivity contribution >= 4 is 5.82 Å². The van der Waals surface area contributed by atoms with Gasteiger partial charge < -0.3 is 15.1 Å². The smallest absolute Gasteiger partial charge is 0.131 e. The lowest BCUT2D eigenvalue weighted by atomic mass is 10.1. The third-order valence-electron chi connectivity index (χ3n) is 4.38. The first-order valence-corrected chi connectivity index (χ1v) is 8.19. The van der Waals surface area contributed by atoms with Crippen LogP contribution >= 0.6 is 0 Å². The van der Waals surface area contributed by atoms with Crippen LogP contribution in [-0.4, -0.2) is 49.7 Å². The summed E-state index contributed by atoms with van der Waals surface area (Å²) >= 11 is 0. The molecular weight excluding hydrogens is 260 g/mol. The Morgan fingerprint density at radius 2 is 2.29 bits per heavy atom. The second kappa shape index (κ2) is 7.76. The number of anilines is 1. The van der Waals surface area contributed by atoms with Crippen molar-refractivity contribution in [1.29, 1.82) is 0 Å². The van der Waals surface area contributed by atoms with E-state index in [0.717, 1.165) is 25.5 Å². The lowest BCUT2D eigenvalue weighted by Gasteiger charge is -2.27. The summed E-state index contributed by atoms with van der Waals surface area (Å²) < 4.78 is 0. The third-order valence-corrected chi connectivity index (χ3v) is 4.38. The van der Waals surface area contributed by atoms with Gasteiger partial charge in [0.15, 0.2) is 0 Å². The molecule has 4 heteroatoms. The number of hydrogen-bond acceptors (Lipinski definition) is 4. The largest absolute Gasteiger partial charge is 0.358 e. The topological polar surface area (TPSA) is 31.4 Å². The normalized spacial score (nSPS) is 19.1. The zero-order valence-corrected chi connectivity index (χ0v) is 14.0. The van der Waals surface area contributed by atoms with Crippen LogP contribution in [0.2, 0.25) is 0 Å². The number of nitrogens with zero attached hydrogens (tertiary/aromatic N) is 3. The molecular formula is C17H30N4. The van der Waals surface area contributed by atoms with Gasteiger partial charge in [-0.25, -0.2) is 4.98 Å².